The predicted octanol–water partition coefficient (Wildman–Crippen LogP) is 5.76. The Morgan fingerprint density at radius 3 is 1.67 bits per heavy atom. The number of hydrogen-bond donors (Lipinski definition) is 1. The zero-order chi connectivity index (χ0) is 16.9. The van der Waals surface area contributed by atoms with Crippen LogP contribution in [0.2, 0.25) is 10.0 Å². The Morgan fingerprint density at radius 1 is 0.750 bits per heavy atom. The van der Waals surface area contributed by atoms with Crippen LogP contribution >= 0.6 is 23.2 Å². The fourth-order valence-corrected chi connectivity index (χ4v) is 3.15. The molecule has 0 unspecified atom stereocenters. The van der Waals surface area contributed by atoms with Crippen LogP contribution in [0.1, 0.15) is 17.0 Å². The fourth-order valence-electron chi connectivity index (χ4n) is 2.63. The van der Waals surface area contributed by atoms with E-state index in [1.165, 1.54) is 0 Å². The van der Waals surface area contributed by atoms with E-state index in [1.54, 1.807) is 18.2 Å². The van der Waals surface area contributed by atoms with Crippen molar-refractivity contribution in [2.24, 2.45) is 0 Å². The smallest absolute Gasteiger partial charge is 0.236 e. The molecule has 1 amide bonds. The van der Waals surface area contributed by atoms with Crippen LogP contribution in [0, 0.1) is 0 Å². The van der Waals surface area contributed by atoms with E-state index in [1.807, 2.05) is 60.7 Å². The highest BCUT2D eigenvalue weighted by molar-refractivity contribution is 6.35. The van der Waals surface area contributed by atoms with Crippen molar-refractivity contribution in [3.63, 3.8) is 0 Å². The molecule has 0 spiro atoms. The summed E-state index contributed by atoms with van der Waals surface area (Å²) >= 11 is 12.0. The van der Waals surface area contributed by atoms with Gasteiger partial charge < -0.3 is 5.32 Å². The molecule has 0 fully saturated rings. The second kappa shape index (κ2) is 7.52. The van der Waals surface area contributed by atoms with Crippen molar-refractivity contribution in [2.75, 3.05) is 5.32 Å². The van der Waals surface area contributed by atoms with Crippen LogP contribution in [-0.4, -0.2) is 5.91 Å². The number of carbonyl (C=O) groups excluding carboxylic acids is 1. The molecular formula is C20H15Cl2NO. The van der Waals surface area contributed by atoms with Crippen molar-refractivity contribution < 1.29 is 4.79 Å². The number of halogens is 2. The van der Waals surface area contributed by atoms with Gasteiger partial charge in [-0.05, 0) is 29.3 Å². The molecule has 3 aromatic carbocycles. The van der Waals surface area contributed by atoms with Gasteiger partial charge in [-0.25, -0.2) is 0 Å². The van der Waals surface area contributed by atoms with E-state index in [4.69, 9.17) is 23.2 Å². The number of amides is 1. The summed E-state index contributed by atoms with van der Waals surface area (Å²) in [5, 5.41) is 3.87. The maximum atomic E-state index is 12.9. The number of hydrogen-bond acceptors (Lipinski definition) is 1. The van der Waals surface area contributed by atoms with E-state index in [0.717, 1.165) is 11.1 Å². The number of anilines is 1. The van der Waals surface area contributed by atoms with Gasteiger partial charge >= 0.3 is 0 Å². The highest BCUT2D eigenvalue weighted by Gasteiger charge is 2.22. The van der Waals surface area contributed by atoms with Crippen molar-refractivity contribution in [2.45, 2.75) is 5.92 Å². The molecule has 0 heterocycles. The standard InChI is InChI=1S/C20H15Cl2NO/c21-16-11-17(22)13-18(12-16)23-20(24)19(14-7-3-1-4-8-14)15-9-5-2-6-10-15/h1-13,19H,(H,23,24). The Labute approximate surface area is 151 Å². The van der Waals surface area contributed by atoms with Crippen LogP contribution in [0.25, 0.3) is 0 Å². The third-order valence-corrected chi connectivity index (χ3v) is 4.09. The predicted molar refractivity (Wildman–Crippen MR) is 99.8 cm³/mol. The lowest BCUT2D eigenvalue weighted by Crippen LogP contribution is -2.22. The third-order valence-electron chi connectivity index (χ3n) is 3.66. The minimum atomic E-state index is -0.412. The Bertz CT molecular complexity index is 775. The maximum absolute atomic E-state index is 12.9. The normalized spacial score (nSPS) is 10.6. The van der Waals surface area contributed by atoms with Crippen molar-refractivity contribution in [1.82, 2.24) is 0 Å². The average Bonchev–Trinajstić information content (AvgIpc) is 2.56. The van der Waals surface area contributed by atoms with Gasteiger partial charge in [-0.2, -0.15) is 0 Å². The summed E-state index contributed by atoms with van der Waals surface area (Å²) in [6.07, 6.45) is 0. The molecule has 3 rings (SSSR count). The number of rotatable bonds is 4. The monoisotopic (exact) mass is 355 g/mol. The number of nitrogens with one attached hydrogen (secondary N) is 1. The van der Waals surface area contributed by atoms with E-state index in [9.17, 15) is 4.79 Å². The second-order valence-electron chi connectivity index (χ2n) is 5.40. The second-order valence-corrected chi connectivity index (χ2v) is 6.27. The summed E-state index contributed by atoms with van der Waals surface area (Å²) in [7, 11) is 0. The van der Waals surface area contributed by atoms with Crippen LogP contribution in [0.5, 0.6) is 0 Å². The summed E-state index contributed by atoms with van der Waals surface area (Å²) in [6, 6.07) is 24.3. The van der Waals surface area contributed by atoms with E-state index in [-0.39, 0.29) is 5.91 Å². The Kier molecular flexibility index (Phi) is 5.19. The van der Waals surface area contributed by atoms with Gasteiger partial charge in [-0.3, -0.25) is 4.79 Å². The van der Waals surface area contributed by atoms with E-state index in [2.05, 4.69) is 5.32 Å². The van der Waals surface area contributed by atoms with Crippen LogP contribution in [0.3, 0.4) is 0 Å². The molecule has 24 heavy (non-hydrogen) atoms. The van der Waals surface area contributed by atoms with Crippen molar-refractivity contribution in [3.8, 4) is 0 Å². The van der Waals surface area contributed by atoms with Gasteiger partial charge in [0.05, 0.1) is 5.92 Å². The summed E-state index contributed by atoms with van der Waals surface area (Å²) in [5.74, 6) is -0.545. The molecule has 1 N–H and O–H groups in total. The molecule has 0 saturated carbocycles. The van der Waals surface area contributed by atoms with Gasteiger partial charge in [0.2, 0.25) is 5.91 Å². The van der Waals surface area contributed by atoms with E-state index < -0.39 is 5.92 Å². The average molecular weight is 356 g/mol. The first-order valence-electron chi connectivity index (χ1n) is 7.50. The first-order valence-corrected chi connectivity index (χ1v) is 8.26. The number of benzene rings is 3. The van der Waals surface area contributed by atoms with Gasteiger partial charge in [0.1, 0.15) is 0 Å². The van der Waals surface area contributed by atoms with Gasteiger partial charge in [-0.15, -0.1) is 0 Å². The lowest BCUT2D eigenvalue weighted by atomic mass is 9.90. The molecule has 0 aliphatic rings. The zero-order valence-electron chi connectivity index (χ0n) is 12.7. The fraction of sp³-hybridized carbons (Fsp3) is 0.0500. The zero-order valence-corrected chi connectivity index (χ0v) is 14.3. The molecule has 0 aliphatic carbocycles. The Balaban J connectivity index is 1.95. The summed E-state index contributed by atoms with van der Waals surface area (Å²) < 4.78 is 0. The van der Waals surface area contributed by atoms with Gasteiger partial charge in [0.15, 0.2) is 0 Å². The van der Waals surface area contributed by atoms with Gasteiger partial charge in [0.25, 0.3) is 0 Å². The number of carbonyl (C=O) groups is 1. The summed E-state index contributed by atoms with van der Waals surface area (Å²) in [5.41, 5.74) is 2.43. The van der Waals surface area contributed by atoms with E-state index >= 15 is 0 Å². The molecule has 4 heteroatoms. The summed E-state index contributed by atoms with van der Waals surface area (Å²) in [6.45, 7) is 0. The van der Waals surface area contributed by atoms with Gasteiger partial charge in [-0.1, -0.05) is 83.9 Å². The van der Waals surface area contributed by atoms with Crippen LogP contribution in [0.15, 0.2) is 78.9 Å². The quantitative estimate of drug-likeness (QED) is 0.632. The molecule has 0 radical (unpaired) electrons. The minimum Gasteiger partial charge on any atom is -0.325 e. The molecule has 2 nitrogen and oxygen atoms in total. The molecule has 3 aromatic rings. The van der Waals surface area contributed by atoms with Crippen LogP contribution < -0.4 is 5.32 Å². The van der Waals surface area contributed by atoms with Crippen molar-refractivity contribution >= 4 is 34.8 Å². The molecule has 0 saturated heterocycles. The lowest BCUT2D eigenvalue weighted by Gasteiger charge is -2.18. The minimum absolute atomic E-state index is 0.134. The van der Waals surface area contributed by atoms with Crippen molar-refractivity contribution in [1.29, 1.82) is 0 Å². The highest BCUT2D eigenvalue weighted by Crippen LogP contribution is 2.28. The first kappa shape index (κ1) is 16.6. The lowest BCUT2D eigenvalue weighted by molar-refractivity contribution is -0.116. The third kappa shape index (κ3) is 3.97. The molecule has 0 aromatic heterocycles. The topological polar surface area (TPSA) is 29.1 Å². The molecular weight excluding hydrogens is 341 g/mol. The Hall–Kier alpha value is -2.29. The highest BCUT2D eigenvalue weighted by atomic mass is 35.5. The van der Waals surface area contributed by atoms with Crippen molar-refractivity contribution in [3.05, 3.63) is 100 Å². The molecule has 0 bridgehead atoms. The molecule has 120 valence electrons. The first-order chi connectivity index (χ1) is 11.6. The van der Waals surface area contributed by atoms with Crippen LogP contribution in [0.4, 0.5) is 5.69 Å². The van der Waals surface area contributed by atoms with E-state index in [0.29, 0.717) is 15.7 Å². The Morgan fingerprint density at radius 2 is 1.21 bits per heavy atom. The summed E-state index contributed by atoms with van der Waals surface area (Å²) in [4.78, 5) is 12.9. The molecule has 0 aliphatic heterocycles. The molecule has 0 atom stereocenters. The van der Waals surface area contributed by atoms with Crippen LogP contribution in [-0.2, 0) is 4.79 Å². The van der Waals surface area contributed by atoms with Gasteiger partial charge in [0, 0.05) is 15.7 Å². The maximum Gasteiger partial charge on any atom is 0.236 e. The largest absolute Gasteiger partial charge is 0.325 e. The SMILES string of the molecule is O=C(Nc1cc(Cl)cc(Cl)c1)C(c1ccccc1)c1ccccc1.